The number of thioether (sulfide) groups is 1. The standard InChI is InChI=1S/C16H17N7O2S2/c1-25-12-6-4-11(5-7-12)19-14(24)10-27-16-22-21-15(23(16)17)20-18-9-13-3-2-8-26-13/h2-9H,10,17H2,1H3,(H,19,24)(H,20,21)/b18-9+. The maximum atomic E-state index is 12.1. The number of aromatic nitrogens is 3. The van der Waals surface area contributed by atoms with E-state index in [0.29, 0.717) is 10.8 Å². The van der Waals surface area contributed by atoms with E-state index in [-0.39, 0.29) is 17.6 Å². The topological polar surface area (TPSA) is 119 Å². The molecule has 3 aromatic rings. The Morgan fingerprint density at radius 3 is 2.89 bits per heavy atom. The molecule has 11 heteroatoms. The first-order chi connectivity index (χ1) is 13.2. The second-order valence-corrected chi connectivity index (χ2v) is 7.05. The van der Waals surface area contributed by atoms with Gasteiger partial charge in [0.1, 0.15) is 5.75 Å². The van der Waals surface area contributed by atoms with Gasteiger partial charge in [0.2, 0.25) is 11.1 Å². The van der Waals surface area contributed by atoms with E-state index in [1.165, 1.54) is 16.4 Å². The molecule has 0 fully saturated rings. The highest BCUT2D eigenvalue weighted by molar-refractivity contribution is 7.99. The molecule has 3 rings (SSSR count). The van der Waals surface area contributed by atoms with Crippen LogP contribution >= 0.6 is 23.1 Å². The van der Waals surface area contributed by atoms with Crippen LogP contribution in [-0.4, -0.2) is 39.9 Å². The van der Waals surface area contributed by atoms with E-state index in [1.807, 2.05) is 17.5 Å². The van der Waals surface area contributed by atoms with Crippen molar-refractivity contribution in [1.29, 1.82) is 0 Å². The smallest absolute Gasteiger partial charge is 0.264 e. The molecule has 0 aliphatic heterocycles. The fourth-order valence-electron chi connectivity index (χ4n) is 1.97. The lowest BCUT2D eigenvalue weighted by Crippen LogP contribution is -2.16. The molecule has 0 saturated heterocycles. The van der Waals surface area contributed by atoms with Gasteiger partial charge in [-0.2, -0.15) is 5.10 Å². The van der Waals surface area contributed by atoms with Crippen molar-refractivity contribution in [3.05, 3.63) is 46.7 Å². The van der Waals surface area contributed by atoms with Crippen molar-refractivity contribution in [3.63, 3.8) is 0 Å². The Morgan fingerprint density at radius 1 is 1.37 bits per heavy atom. The van der Waals surface area contributed by atoms with E-state index < -0.39 is 0 Å². The third-order valence-corrected chi connectivity index (χ3v) is 5.02. The zero-order chi connectivity index (χ0) is 19.1. The lowest BCUT2D eigenvalue weighted by Gasteiger charge is -2.06. The third-order valence-electron chi connectivity index (χ3n) is 3.27. The monoisotopic (exact) mass is 403 g/mol. The molecule has 1 amide bonds. The normalized spacial score (nSPS) is 10.9. The van der Waals surface area contributed by atoms with Gasteiger partial charge in [0.15, 0.2) is 0 Å². The summed E-state index contributed by atoms with van der Waals surface area (Å²) in [5.74, 6) is 6.88. The van der Waals surface area contributed by atoms with Crippen molar-refractivity contribution in [1.82, 2.24) is 14.9 Å². The van der Waals surface area contributed by atoms with Gasteiger partial charge >= 0.3 is 0 Å². The highest BCUT2D eigenvalue weighted by Crippen LogP contribution is 2.18. The van der Waals surface area contributed by atoms with Gasteiger partial charge in [-0.3, -0.25) is 4.79 Å². The third kappa shape index (κ3) is 5.21. The molecule has 2 aromatic heterocycles. The summed E-state index contributed by atoms with van der Waals surface area (Å²) in [5.41, 5.74) is 3.41. The molecule has 2 heterocycles. The Kier molecular flexibility index (Phi) is 6.28. The number of thiophene rings is 1. The highest BCUT2D eigenvalue weighted by atomic mass is 32.2. The number of anilines is 2. The van der Waals surface area contributed by atoms with Crippen molar-refractivity contribution in [2.24, 2.45) is 5.10 Å². The largest absolute Gasteiger partial charge is 0.497 e. The number of carbonyl (C=O) groups is 1. The first-order valence-corrected chi connectivity index (χ1v) is 9.62. The second-order valence-electron chi connectivity index (χ2n) is 5.13. The van der Waals surface area contributed by atoms with E-state index >= 15 is 0 Å². The molecule has 0 saturated carbocycles. The second kappa shape index (κ2) is 9.05. The van der Waals surface area contributed by atoms with Crippen molar-refractivity contribution < 1.29 is 9.53 Å². The van der Waals surface area contributed by atoms with Crippen LogP contribution in [0.1, 0.15) is 4.88 Å². The van der Waals surface area contributed by atoms with Gasteiger partial charge in [0.25, 0.3) is 5.95 Å². The first kappa shape index (κ1) is 18.7. The number of amides is 1. The number of nitrogen functional groups attached to an aromatic ring is 1. The molecular formula is C16H17N7O2S2. The molecule has 0 radical (unpaired) electrons. The number of carbonyl (C=O) groups excluding carboxylic acids is 1. The fraction of sp³-hybridized carbons (Fsp3) is 0.125. The molecular weight excluding hydrogens is 386 g/mol. The average Bonchev–Trinajstić information content (AvgIpc) is 3.31. The van der Waals surface area contributed by atoms with Crippen molar-refractivity contribution in [2.45, 2.75) is 5.16 Å². The minimum absolute atomic E-state index is 0.139. The summed E-state index contributed by atoms with van der Waals surface area (Å²) in [7, 11) is 1.59. The minimum Gasteiger partial charge on any atom is -0.497 e. The van der Waals surface area contributed by atoms with Crippen LogP contribution in [0.25, 0.3) is 0 Å². The van der Waals surface area contributed by atoms with E-state index in [4.69, 9.17) is 10.6 Å². The van der Waals surface area contributed by atoms with Crippen LogP contribution in [0.4, 0.5) is 11.6 Å². The van der Waals surface area contributed by atoms with E-state index in [9.17, 15) is 4.79 Å². The van der Waals surface area contributed by atoms with Gasteiger partial charge < -0.3 is 15.9 Å². The number of methoxy groups -OCH3 is 1. The number of benzene rings is 1. The number of nitrogens with two attached hydrogens (primary N) is 1. The minimum atomic E-state index is -0.182. The van der Waals surface area contributed by atoms with Gasteiger partial charge in [-0.25, -0.2) is 10.1 Å². The molecule has 9 nitrogen and oxygen atoms in total. The molecule has 0 spiro atoms. The van der Waals surface area contributed by atoms with Gasteiger partial charge in [-0.15, -0.1) is 21.5 Å². The summed E-state index contributed by atoms with van der Waals surface area (Å²) in [6.45, 7) is 0. The molecule has 0 aliphatic carbocycles. The Hall–Kier alpha value is -3.05. The van der Waals surface area contributed by atoms with Crippen molar-refractivity contribution in [3.8, 4) is 5.75 Å². The van der Waals surface area contributed by atoms with Crippen LogP contribution in [0, 0.1) is 0 Å². The Morgan fingerprint density at radius 2 is 2.19 bits per heavy atom. The van der Waals surface area contributed by atoms with Crippen molar-refractivity contribution >= 4 is 46.9 Å². The Labute approximate surface area is 163 Å². The van der Waals surface area contributed by atoms with E-state index in [0.717, 1.165) is 10.6 Å². The first-order valence-electron chi connectivity index (χ1n) is 7.75. The van der Waals surface area contributed by atoms with Gasteiger partial charge in [-0.05, 0) is 35.7 Å². The number of hydrazone groups is 1. The number of rotatable bonds is 8. The van der Waals surface area contributed by atoms with Crippen LogP contribution in [-0.2, 0) is 4.79 Å². The van der Waals surface area contributed by atoms with Crippen LogP contribution in [0.5, 0.6) is 5.75 Å². The SMILES string of the molecule is COc1ccc(NC(=O)CSc2nnc(N/N=C/c3cccs3)n2N)cc1. The van der Waals surface area contributed by atoms with Crippen LogP contribution < -0.4 is 21.3 Å². The number of nitrogens with one attached hydrogen (secondary N) is 2. The number of nitrogens with zero attached hydrogens (tertiary/aromatic N) is 4. The number of hydrogen-bond donors (Lipinski definition) is 3. The predicted molar refractivity (Wildman–Crippen MR) is 108 cm³/mol. The summed E-state index contributed by atoms with van der Waals surface area (Å²) in [4.78, 5) is 13.1. The maximum absolute atomic E-state index is 12.1. The zero-order valence-corrected chi connectivity index (χ0v) is 16.0. The Bertz CT molecular complexity index is 908. The molecule has 4 N–H and O–H groups in total. The molecule has 27 heavy (non-hydrogen) atoms. The number of hydrogen-bond acceptors (Lipinski definition) is 9. The fourth-order valence-corrected chi connectivity index (χ4v) is 3.21. The molecule has 0 bridgehead atoms. The highest BCUT2D eigenvalue weighted by Gasteiger charge is 2.12. The predicted octanol–water partition coefficient (Wildman–Crippen LogP) is 2.24. The van der Waals surface area contributed by atoms with Gasteiger partial charge in [0.05, 0.1) is 19.1 Å². The van der Waals surface area contributed by atoms with Crippen LogP contribution in [0.15, 0.2) is 52.0 Å². The summed E-state index contributed by atoms with van der Waals surface area (Å²) in [6.07, 6.45) is 1.66. The van der Waals surface area contributed by atoms with E-state index in [2.05, 4.69) is 26.0 Å². The van der Waals surface area contributed by atoms with Gasteiger partial charge in [-0.1, -0.05) is 17.8 Å². The average molecular weight is 403 g/mol. The van der Waals surface area contributed by atoms with Crippen LogP contribution in [0.2, 0.25) is 0 Å². The molecule has 0 aliphatic rings. The summed E-state index contributed by atoms with van der Waals surface area (Å²) < 4.78 is 6.33. The number of ether oxygens (including phenoxy) is 1. The molecule has 0 unspecified atom stereocenters. The lowest BCUT2D eigenvalue weighted by atomic mass is 10.3. The Balaban J connectivity index is 1.50. The molecule has 1 aromatic carbocycles. The van der Waals surface area contributed by atoms with Crippen LogP contribution in [0.3, 0.4) is 0 Å². The quantitative estimate of drug-likeness (QED) is 0.228. The van der Waals surface area contributed by atoms with Gasteiger partial charge in [0, 0.05) is 10.6 Å². The zero-order valence-electron chi connectivity index (χ0n) is 14.3. The maximum Gasteiger partial charge on any atom is 0.264 e. The summed E-state index contributed by atoms with van der Waals surface area (Å²) in [6, 6.07) is 10.9. The summed E-state index contributed by atoms with van der Waals surface area (Å²) >= 11 is 2.73. The summed E-state index contributed by atoms with van der Waals surface area (Å²) in [5, 5.41) is 17.1. The molecule has 140 valence electrons. The van der Waals surface area contributed by atoms with E-state index in [1.54, 1.807) is 48.9 Å². The lowest BCUT2D eigenvalue weighted by molar-refractivity contribution is -0.113. The molecule has 0 atom stereocenters. The van der Waals surface area contributed by atoms with Crippen molar-refractivity contribution in [2.75, 3.05) is 29.4 Å².